The maximum Gasteiger partial charge on any atom is 0.407 e. The molecule has 8 heteroatoms. The summed E-state index contributed by atoms with van der Waals surface area (Å²) in [5.41, 5.74) is 2.71. The highest BCUT2D eigenvalue weighted by Gasteiger charge is 2.27. The summed E-state index contributed by atoms with van der Waals surface area (Å²) in [6, 6.07) is 3.58. The Balaban J connectivity index is 1.27. The highest BCUT2D eigenvalue weighted by Crippen LogP contribution is 2.38. The van der Waals surface area contributed by atoms with E-state index in [1.807, 2.05) is 0 Å². The molecule has 1 aliphatic carbocycles. The van der Waals surface area contributed by atoms with E-state index in [0.717, 1.165) is 75.8 Å². The lowest BCUT2D eigenvalue weighted by atomic mass is 9.73. The number of amides is 2. The molecule has 2 aliphatic rings. The van der Waals surface area contributed by atoms with Gasteiger partial charge in [0.1, 0.15) is 11.6 Å². The number of hydrogen-bond donors (Lipinski definition) is 4. The van der Waals surface area contributed by atoms with Crippen molar-refractivity contribution in [2.24, 2.45) is 11.3 Å². The molecule has 36 heavy (non-hydrogen) atoms. The largest absolute Gasteiger partial charge is 0.511 e. The number of alkyl carbamates (subject to hydrolysis) is 1. The third-order valence-corrected chi connectivity index (χ3v) is 7.40. The van der Waals surface area contributed by atoms with E-state index in [-0.39, 0.29) is 11.7 Å². The number of hydrogen-bond acceptors (Lipinski definition) is 6. The van der Waals surface area contributed by atoms with Gasteiger partial charge in [-0.3, -0.25) is 4.79 Å². The Morgan fingerprint density at radius 3 is 2.81 bits per heavy atom. The van der Waals surface area contributed by atoms with E-state index < -0.39 is 12.1 Å². The van der Waals surface area contributed by atoms with Crippen LogP contribution >= 0.6 is 0 Å². The van der Waals surface area contributed by atoms with Crippen molar-refractivity contribution in [3.8, 4) is 0 Å². The van der Waals surface area contributed by atoms with Crippen LogP contribution in [0.15, 0.2) is 24.5 Å². The van der Waals surface area contributed by atoms with Crippen molar-refractivity contribution >= 4 is 17.8 Å². The number of carbonyl (C=O) groups is 2. The minimum atomic E-state index is -0.660. The van der Waals surface area contributed by atoms with Gasteiger partial charge in [-0.15, -0.1) is 0 Å². The summed E-state index contributed by atoms with van der Waals surface area (Å²) >= 11 is 0. The molecule has 2 heterocycles. The Hall–Kier alpha value is -2.77. The first-order chi connectivity index (χ1) is 17.2. The van der Waals surface area contributed by atoms with E-state index >= 15 is 0 Å². The van der Waals surface area contributed by atoms with Crippen LogP contribution in [-0.2, 0) is 22.4 Å². The van der Waals surface area contributed by atoms with Crippen LogP contribution in [0.25, 0.3) is 0 Å². The summed E-state index contributed by atoms with van der Waals surface area (Å²) in [5, 5.41) is 18.8. The summed E-state index contributed by atoms with van der Waals surface area (Å²) in [5.74, 6) is 1.21. The fourth-order valence-electron chi connectivity index (χ4n) is 4.87. The maximum atomic E-state index is 12.2. The van der Waals surface area contributed by atoms with Gasteiger partial charge in [-0.05, 0) is 87.2 Å². The number of rotatable bonds is 12. The van der Waals surface area contributed by atoms with Crippen molar-refractivity contribution in [3.63, 3.8) is 0 Å². The third kappa shape index (κ3) is 9.36. The molecule has 1 aliphatic heterocycles. The zero-order valence-electron chi connectivity index (χ0n) is 22.0. The second-order valence-corrected chi connectivity index (χ2v) is 11.1. The SMILES string of the molecule is C=C(O)C(CCNC(=O)CCCCc1ccc2c(n1)NCCC2)NC(=O)OCC1CCC(C)(C)CC1. The molecule has 1 saturated carbocycles. The number of aliphatic hydroxyl groups excluding tert-OH is 1. The topological polar surface area (TPSA) is 113 Å². The second kappa shape index (κ2) is 13.5. The molecular weight excluding hydrogens is 456 g/mol. The number of fused-ring (bicyclic) bond motifs is 1. The standard InChI is InChI=1S/C28H44N4O4/c1-20(33)24(32-27(35)36-19-21-12-15-28(2,3)16-13-21)14-18-29-25(34)9-5-4-8-23-11-10-22-7-6-17-30-26(22)31-23/h10-11,21,24,33H,1,4-9,12-19H2,2-3H3,(H,29,34)(H,30,31)(H,32,35). The van der Waals surface area contributed by atoms with Crippen molar-refractivity contribution in [2.45, 2.75) is 90.5 Å². The normalized spacial score (nSPS) is 17.8. The lowest BCUT2D eigenvalue weighted by molar-refractivity contribution is -0.121. The summed E-state index contributed by atoms with van der Waals surface area (Å²) in [6.45, 7) is 9.80. The predicted molar refractivity (Wildman–Crippen MR) is 142 cm³/mol. The molecule has 2 amide bonds. The van der Waals surface area contributed by atoms with E-state index in [1.54, 1.807) is 0 Å². The Kier molecular flexibility index (Phi) is 10.4. The number of ether oxygens (including phenoxy) is 1. The van der Waals surface area contributed by atoms with Gasteiger partial charge < -0.3 is 25.8 Å². The molecule has 8 nitrogen and oxygen atoms in total. The number of nitrogens with zero attached hydrogens (tertiary/aromatic N) is 1. The number of anilines is 1. The summed E-state index contributed by atoms with van der Waals surface area (Å²) in [4.78, 5) is 29.1. The van der Waals surface area contributed by atoms with Gasteiger partial charge in [-0.2, -0.15) is 0 Å². The van der Waals surface area contributed by atoms with Crippen molar-refractivity contribution in [1.29, 1.82) is 0 Å². The van der Waals surface area contributed by atoms with Gasteiger partial charge in [-0.25, -0.2) is 9.78 Å². The molecule has 0 spiro atoms. The van der Waals surface area contributed by atoms with Crippen LogP contribution < -0.4 is 16.0 Å². The van der Waals surface area contributed by atoms with E-state index in [9.17, 15) is 14.7 Å². The van der Waals surface area contributed by atoms with Crippen LogP contribution in [0.4, 0.5) is 10.6 Å². The third-order valence-electron chi connectivity index (χ3n) is 7.40. The van der Waals surface area contributed by atoms with Crippen molar-refractivity contribution in [1.82, 2.24) is 15.6 Å². The number of aryl methyl sites for hydroxylation is 2. The summed E-state index contributed by atoms with van der Waals surface area (Å²) in [6.07, 6.45) is 9.36. The van der Waals surface area contributed by atoms with Gasteiger partial charge in [-0.1, -0.05) is 26.5 Å². The zero-order chi connectivity index (χ0) is 26.0. The van der Waals surface area contributed by atoms with Crippen molar-refractivity contribution < 1.29 is 19.4 Å². The molecular formula is C28H44N4O4. The fourth-order valence-corrected chi connectivity index (χ4v) is 4.87. The number of carbonyl (C=O) groups excluding carboxylic acids is 2. The maximum absolute atomic E-state index is 12.2. The number of unbranched alkanes of at least 4 members (excludes halogenated alkanes) is 1. The highest BCUT2D eigenvalue weighted by molar-refractivity contribution is 5.75. The van der Waals surface area contributed by atoms with Gasteiger partial charge in [0.05, 0.1) is 12.6 Å². The number of nitrogens with one attached hydrogen (secondary N) is 3. The summed E-state index contributed by atoms with van der Waals surface area (Å²) < 4.78 is 5.39. The summed E-state index contributed by atoms with van der Waals surface area (Å²) in [7, 11) is 0. The zero-order valence-corrected chi connectivity index (χ0v) is 22.0. The smallest absolute Gasteiger partial charge is 0.407 e. The molecule has 1 unspecified atom stereocenters. The molecule has 0 aromatic carbocycles. The van der Waals surface area contributed by atoms with Crippen LogP contribution in [0.5, 0.6) is 0 Å². The number of aliphatic hydroxyl groups is 1. The van der Waals surface area contributed by atoms with Crippen LogP contribution in [0, 0.1) is 11.3 Å². The fraction of sp³-hybridized carbons (Fsp3) is 0.679. The molecule has 1 fully saturated rings. The Labute approximate surface area is 215 Å². The minimum absolute atomic E-state index is 0.0415. The number of aromatic nitrogens is 1. The van der Waals surface area contributed by atoms with Gasteiger partial charge in [0.2, 0.25) is 5.91 Å². The van der Waals surface area contributed by atoms with E-state index in [4.69, 9.17) is 9.72 Å². The lowest BCUT2D eigenvalue weighted by Gasteiger charge is -2.34. The number of pyridine rings is 1. The first-order valence-electron chi connectivity index (χ1n) is 13.5. The van der Waals surface area contributed by atoms with Crippen LogP contribution in [-0.4, -0.2) is 47.8 Å². The van der Waals surface area contributed by atoms with Gasteiger partial charge in [0, 0.05) is 25.2 Å². The van der Waals surface area contributed by atoms with Gasteiger partial charge >= 0.3 is 6.09 Å². The first kappa shape index (κ1) is 27.8. The molecule has 3 rings (SSSR count). The van der Waals surface area contributed by atoms with E-state index in [1.165, 1.54) is 5.56 Å². The van der Waals surface area contributed by atoms with E-state index in [0.29, 0.717) is 37.3 Å². The Bertz CT molecular complexity index is 892. The van der Waals surface area contributed by atoms with Gasteiger partial charge in [0.15, 0.2) is 0 Å². The monoisotopic (exact) mass is 500 g/mol. The first-order valence-corrected chi connectivity index (χ1v) is 13.5. The van der Waals surface area contributed by atoms with E-state index in [2.05, 4.69) is 48.5 Å². The molecule has 1 aromatic heterocycles. The van der Waals surface area contributed by atoms with Crippen LogP contribution in [0.3, 0.4) is 0 Å². The predicted octanol–water partition coefficient (Wildman–Crippen LogP) is 5.04. The molecule has 4 N–H and O–H groups in total. The van der Waals surface area contributed by atoms with Gasteiger partial charge in [0.25, 0.3) is 0 Å². The van der Waals surface area contributed by atoms with Crippen molar-refractivity contribution in [2.75, 3.05) is 25.0 Å². The van der Waals surface area contributed by atoms with Crippen molar-refractivity contribution in [3.05, 3.63) is 35.7 Å². The molecule has 200 valence electrons. The molecule has 1 aromatic rings. The van der Waals surface area contributed by atoms with Crippen LogP contribution in [0.1, 0.15) is 82.9 Å². The molecule has 0 radical (unpaired) electrons. The Morgan fingerprint density at radius 1 is 1.28 bits per heavy atom. The Morgan fingerprint density at radius 2 is 2.06 bits per heavy atom. The quantitative estimate of drug-likeness (QED) is 0.236. The lowest BCUT2D eigenvalue weighted by Crippen LogP contribution is -2.40. The minimum Gasteiger partial charge on any atom is -0.511 e. The molecule has 1 atom stereocenters. The molecule has 0 bridgehead atoms. The second-order valence-electron chi connectivity index (χ2n) is 11.1. The average molecular weight is 501 g/mol. The highest BCUT2D eigenvalue weighted by atomic mass is 16.5. The molecule has 0 saturated heterocycles. The average Bonchev–Trinajstić information content (AvgIpc) is 2.85. The van der Waals surface area contributed by atoms with Crippen LogP contribution in [0.2, 0.25) is 0 Å².